The van der Waals surface area contributed by atoms with Crippen LogP contribution in [0.3, 0.4) is 0 Å². The van der Waals surface area contributed by atoms with Gasteiger partial charge in [-0.25, -0.2) is 4.98 Å². The number of aromatic nitrogens is 4. The van der Waals surface area contributed by atoms with Gasteiger partial charge in [0.1, 0.15) is 11.7 Å². The van der Waals surface area contributed by atoms with Crippen molar-refractivity contribution < 1.29 is 4.79 Å². The molecule has 0 saturated heterocycles. The summed E-state index contributed by atoms with van der Waals surface area (Å²) in [7, 11) is 0. The number of hydrogen-bond donors (Lipinski definition) is 2. The van der Waals surface area contributed by atoms with Crippen molar-refractivity contribution in [2.75, 3.05) is 6.54 Å². The van der Waals surface area contributed by atoms with E-state index < -0.39 is 0 Å². The predicted octanol–water partition coefficient (Wildman–Crippen LogP) is 3.14. The quantitative estimate of drug-likeness (QED) is 0.584. The van der Waals surface area contributed by atoms with Crippen molar-refractivity contribution in [2.24, 2.45) is 0 Å². The summed E-state index contributed by atoms with van der Waals surface area (Å²) in [5, 5.41) is 2.02. The van der Waals surface area contributed by atoms with E-state index in [0.29, 0.717) is 12.2 Å². The molecule has 5 rings (SSSR count). The molecule has 6 nitrogen and oxygen atoms in total. The molecule has 0 radical (unpaired) electrons. The third kappa shape index (κ3) is 2.27. The molecule has 124 valence electrons. The van der Waals surface area contributed by atoms with Gasteiger partial charge >= 0.3 is 0 Å². The van der Waals surface area contributed by atoms with Crippen LogP contribution >= 0.6 is 11.3 Å². The molecule has 0 unspecified atom stereocenters. The Morgan fingerprint density at radius 3 is 3.00 bits per heavy atom. The van der Waals surface area contributed by atoms with E-state index in [1.54, 1.807) is 30.1 Å². The first-order valence-electron chi connectivity index (χ1n) is 8.10. The fourth-order valence-electron chi connectivity index (χ4n) is 3.50. The van der Waals surface area contributed by atoms with Crippen LogP contribution in [0.4, 0.5) is 0 Å². The van der Waals surface area contributed by atoms with Crippen LogP contribution in [0.15, 0.2) is 48.4 Å². The lowest BCUT2D eigenvalue weighted by molar-refractivity contribution is 0.0685. The topological polar surface area (TPSA) is 77.7 Å². The van der Waals surface area contributed by atoms with Crippen LogP contribution in [0.2, 0.25) is 0 Å². The van der Waals surface area contributed by atoms with Gasteiger partial charge in [0.05, 0.1) is 22.2 Å². The number of H-pyrrole nitrogens is 2. The van der Waals surface area contributed by atoms with E-state index in [1.165, 1.54) is 0 Å². The molecule has 0 spiro atoms. The Labute approximate surface area is 147 Å². The Hall–Kier alpha value is -2.93. The van der Waals surface area contributed by atoms with Gasteiger partial charge in [-0.3, -0.25) is 9.78 Å². The maximum absolute atomic E-state index is 13.2. The van der Waals surface area contributed by atoms with Crippen molar-refractivity contribution in [2.45, 2.75) is 12.5 Å². The number of aromatic amines is 2. The van der Waals surface area contributed by atoms with Crippen LogP contribution in [0.25, 0.3) is 10.2 Å². The Bertz CT molecular complexity index is 1020. The summed E-state index contributed by atoms with van der Waals surface area (Å²) in [4.78, 5) is 30.2. The van der Waals surface area contributed by atoms with Crippen molar-refractivity contribution in [1.82, 2.24) is 24.8 Å². The van der Waals surface area contributed by atoms with Gasteiger partial charge in [0.25, 0.3) is 5.91 Å². The molecule has 1 aliphatic heterocycles. The van der Waals surface area contributed by atoms with Crippen molar-refractivity contribution in [3.63, 3.8) is 0 Å². The van der Waals surface area contributed by atoms with E-state index >= 15 is 0 Å². The molecule has 1 aliphatic rings. The smallest absolute Gasteiger partial charge is 0.271 e. The van der Waals surface area contributed by atoms with Crippen molar-refractivity contribution in [1.29, 1.82) is 0 Å². The summed E-state index contributed by atoms with van der Waals surface area (Å²) in [6.45, 7) is 0.647. The highest BCUT2D eigenvalue weighted by Crippen LogP contribution is 2.34. The predicted molar refractivity (Wildman–Crippen MR) is 95.6 cm³/mol. The number of nitrogens with one attached hydrogen (secondary N) is 2. The monoisotopic (exact) mass is 349 g/mol. The molecular formula is C18H15N5OS. The highest BCUT2D eigenvalue weighted by molar-refractivity contribution is 7.17. The number of hydrogen-bond acceptors (Lipinski definition) is 4. The lowest BCUT2D eigenvalue weighted by atomic mass is 9.96. The maximum Gasteiger partial charge on any atom is 0.271 e. The van der Waals surface area contributed by atoms with Gasteiger partial charge in [0.2, 0.25) is 0 Å². The Kier molecular flexibility index (Phi) is 3.21. The number of nitrogens with zero attached hydrogens (tertiary/aromatic N) is 3. The van der Waals surface area contributed by atoms with Crippen molar-refractivity contribution in [3.8, 4) is 0 Å². The fourth-order valence-corrected chi connectivity index (χ4v) is 4.28. The summed E-state index contributed by atoms with van der Waals surface area (Å²) in [6, 6.07) is 7.63. The van der Waals surface area contributed by atoms with E-state index in [9.17, 15) is 4.79 Å². The molecule has 4 aromatic rings. The molecule has 2 N–H and O–H groups in total. The minimum absolute atomic E-state index is 0.00105. The lowest BCUT2D eigenvalue weighted by Gasteiger charge is -2.35. The highest BCUT2D eigenvalue weighted by Gasteiger charge is 2.35. The molecule has 1 atom stereocenters. The molecule has 5 heterocycles. The zero-order valence-corrected chi connectivity index (χ0v) is 14.1. The number of fused-ring (bicyclic) bond motifs is 2. The number of carbonyl (C=O) groups is 1. The number of carbonyl (C=O) groups excluding carboxylic acids is 1. The van der Waals surface area contributed by atoms with Gasteiger partial charge in [-0.2, -0.15) is 0 Å². The Morgan fingerprint density at radius 1 is 1.28 bits per heavy atom. The SMILES string of the molecule is O=C(c1cc2sccc2[nH]1)N1CCc2[nH]cnc2[C@@H]1c1ccncc1. The van der Waals surface area contributed by atoms with E-state index in [4.69, 9.17) is 0 Å². The minimum atomic E-state index is -0.202. The number of amides is 1. The number of pyridine rings is 1. The maximum atomic E-state index is 13.2. The average Bonchev–Trinajstić information content (AvgIpc) is 3.36. The minimum Gasteiger partial charge on any atom is -0.350 e. The molecule has 0 bridgehead atoms. The van der Waals surface area contributed by atoms with Gasteiger partial charge in [0, 0.05) is 31.1 Å². The van der Waals surface area contributed by atoms with Crippen LogP contribution in [0.5, 0.6) is 0 Å². The molecule has 0 fully saturated rings. The average molecular weight is 349 g/mol. The van der Waals surface area contributed by atoms with E-state index in [-0.39, 0.29) is 11.9 Å². The van der Waals surface area contributed by atoms with Crippen LogP contribution in [0.1, 0.15) is 33.5 Å². The van der Waals surface area contributed by atoms with Crippen LogP contribution in [0, 0.1) is 0 Å². The second kappa shape index (κ2) is 5.56. The standard InChI is InChI=1S/C18H15N5OS/c24-18(14-9-15-12(22-14)4-8-25-15)23-7-3-13-16(21-10-20-13)17(23)11-1-5-19-6-2-11/h1-2,4-6,8-10,17,22H,3,7H2,(H,20,21)/t17-/m0/s1. The van der Waals surface area contributed by atoms with Crippen LogP contribution in [-0.2, 0) is 6.42 Å². The molecule has 25 heavy (non-hydrogen) atoms. The van der Waals surface area contributed by atoms with Gasteiger partial charge in [-0.05, 0) is 35.2 Å². The van der Waals surface area contributed by atoms with Gasteiger partial charge < -0.3 is 14.9 Å². The van der Waals surface area contributed by atoms with Gasteiger partial charge in [-0.15, -0.1) is 11.3 Å². The second-order valence-corrected chi connectivity index (χ2v) is 7.03. The third-order valence-electron chi connectivity index (χ3n) is 4.68. The molecule has 4 aromatic heterocycles. The molecule has 1 amide bonds. The zero-order chi connectivity index (χ0) is 16.8. The molecule has 7 heteroatoms. The molecule has 0 aliphatic carbocycles. The van der Waals surface area contributed by atoms with Crippen molar-refractivity contribution in [3.05, 3.63) is 71.0 Å². The Balaban J connectivity index is 1.59. The molecule has 0 aromatic carbocycles. The molecular weight excluding hydrogens is 334 g/mol. The number of thiophene rings is 1. The first kappa shape index (κ1) is 14.4. The first-order chi connectivity index (χ1) is 12.3. The van der Waals surface area contributed by atoms with Gasteiger partial charge in [0.15, 0.2) is 0 Å². The summed E-state index contributed by atoms with van der Waals surface area (Å²) >= 11 is 1.63. The Morgan fingerprint density at radius 2 is 2.16 bits per heavy atom. The van der Waals surface area contributed by atoms with E-state index in [1.807, 2.05) is 34.5 Å². The normalized spacial score (nSPS) is 17.0. The molecule has 0 saturated carbocycles. The first-order valence-corrected chi connectivity index (χ1v) is 8.98. The van der Waals surface area contributed by atoms with E-state index in [0.717, 1.165) is 33.6 Å². The van der Waals surface area contributed by atoms with E-state index in [2.05, 4.69) is 19.9 Å². The lowest BCUT2D eigenvalue weighted by Crippen LogP contribution is -2.40. The third-order valence-corrected chi connectivity index (χ3v) is 5.54. The zero-order valence-electron chi connectivity index (χ0n) is 13.3. The second-order valence-electron chi connectivity index (χ2n) is 6.08. The highest BCUT2D eigenvalue weighted by atomic mass is 32.1. The van der Waals surface area contributed by atoms with Crippen LogP contribution < -0.4 is 0 Å². The summed E-state index contributed by atoms with van der Waals surface area (Å²) < 4.78 is 1.10. The van der Waals surface area contributed by atoms with Crippen LogP contribution in [-0.4, -0.2) is 37.3 Å². The number of imidazole rings is 1. The summed E-state index contributed by atoms with van der Waals surface area (Å²) in [6.07, 6.45) is 5.99. The fraction of sp³-hybridized carbons (Fsp3) is 0.167. The summed E-state index contributed by atoms with van der Waals surface area (Å²) in [5.74, 6) is -0.00105. The van der Waals surface area contributed by atoms with Crippen molar-refractivity contribution >= 4 is 27.5 Å². The van der Waals surface area contributed by atoms with Gasteiger partial charge in [-0.1, -0.05) is 0 Å². The summed E-state index contributed by atoms with van der Waals surface area (Å²) in [5.41, 5.74) is 4.66. The largest absolute Gasteiger partial charge is 0.350 e. The number of rotatable bonds is 2.